The highest BCUT2D eigenvalue weighted by molar-refractivity contribution is 7.91. The molecule has 3 N–H and O–H groups in total. The molecule has 0 amide bonds. The number of nitrogens with two attached hydrogens (primary N) is 1. The Bertz CT molecular complexity index is 359. The van der Waals surface area contributed by atoms with Crippen molar-refractivity contribution in [2.24, 2.45) is 11.1 Å². The lowest BCUT2D eigenvalue weighted by molar-refractivity contribution is 0.289. The second-order valence-electron chi connectivity index (χ2n) is 6.59. The Kier molecular flexibility index (Phi) is 4.27. The second kappa shape index (κ2) is 4.86. The molecule has 0 aromatic heterocycles. The monoisotopic (exact) mass is 262 g/mol. The summed E-state index contributed by atoms with van der Waals surface area (Å²) in [6.07, 6.45) is 1.58. The molecule has 0 radical (unpaired) electrons. The summed E-state index contributed by atoms with van der Waals surface area (Å²) in [5, 5.41) is 3.36. The van der Waals surface area contributed by atoms with Crippen molar-refractivity contribution < 1.29 is 8.42 Å². The van der Waals surface area contributed by atoms with Gasteiger partial charge < -0.3 is 11.1 Å². The molecule has 1 saturated heterocycles. The largest absolute Gasteiger partial charge is 0.327 e. The van der Waals surface area contributed by atoms with Crippen LogP contribution >= 0.6 is 0 Å². The van der Waals surface area contributed by atoms with Crippen molar-refractivity contribution in [1.29, 1.82) is 0 Å². The van der Waals surface area contributed by atoms with Gasteiger partial charge in [0.25, 0.3) is 0 Å². The van der Waals surface area contributed by atoms with Crippen molar-refractivity contribution in [3.63, 3.8) is 0 Å². The maximum atomic E-state index is 11.4. The van der Waals surface area contributed by atoms with Crippen LogP contribution in [0.2, 0.25) is 0 Å². The number of hydrogen-bond donors (Lipinski definition) is 2. The number of rotatable bonds is 4. The maximum absolute atomic E-state index is 11.4. The minimum absolute atomic E-state index is 0.102. The fourth-order valence-corrected chi connectivity index (χ4v) is 4.24. The third kappa shape index (κ3) is 4.56. The summed E-state index contributed by atoms with van der Waals surface area (Å²) in [6, 6.07) is 0.136. The third-order valence-electron chi connectivity index (χ3n) is 3.62. The Hall–Kier alpha value is -0.130. The van der Waals surface area contributed by atoms with Crippen LogP contribution in [0.25, 0.3) is 0 Å². The molecule has 4 nitrogen and oxygen atoms in total. The van der Waals surface area contributed by atoms with Crippen LogP contribution in [0.15, 0.2) is 0 Å². The number of hydrogen-bond acceptors (Lipinski definition) is 4. The molecule has 0 aliphatic carbocycles. The predicted molar refractivity (Wildman–Crippen MR) is 71.7 cm³/mol. The molecule has 2 atom stereocenters. The highest BCUT2D eigenvalue weighted by Crippen LogP contribution is 2.23. The zero-order chi connectivity index (χ0) is 13.3. The zero-order valence-electron chi connectivity index (χ0n) is 11.4. The Morgan fingerprint density at radius 3 is 2.41 bits per heavy atom. The van der Waals surface area contributed by atoms with Gasteiger partial charge in [0.05, 0.1) is 11.5 Å². The van der Waals surface area contributed by atoms with Gasteiger partial charge in [0.15, 0.2) is 9.84 Å². The van der Waals surface area contributed by atoms with Crippen molar-refractivity contribution in [2.75, 3.05) is 18.1 Å². The lowest BCUT2D eigenvalue weighted by Crippen LogP contribution is -2.46. The Balaban J connectivity index is 2.38. The summed E-state index contributed by atoms with van der Waals surface area (Å²) in [5.74, 6) is 0.562. The van der Waals surface area contributed by atoms with E-state index in [1.165, 1.54) is 0 Å². The van der Waals surface area contributed by atoms with Gasteiger partial charge in [-0.2, -0.15) is 0 Å². The summed E-state index contributed by atoms with van der Waals surface area (Å²) in [5.41, 5.74) is 5.92. The molecule has 1 aliphatic rings. The first-order valence-corrected chi connectivity index (χ1v) is 8.07. The molecule has 0 spiro atoms. The minimum atomic E-state index is -2.83. The standard InChI is InChI=1S/C12H26N2O2S/c1-11(2,3)10(13)5-7-14-12(4)6-8-17(15,16)9-12/h10,14H,5-9,13H2,1-4H3. The Morgan fingerprint density at radius 1 is 1.41 bits per heavy atom. The third-order valence-corrected chi connectivity index (χ3v) is 5.53. The molecule has 0 aromatic rings. The van der Waals surface area contributed by atoms with Crippen LogP contribution in [0.3, 0.4) is 0 Å². The van der Waals surface area contributed by atoms with Crippen LogP contribution in [0.1, 0.15) is 40.5 Å². The summed E-state index contributed by atoms with van der Waals surface area (Å²) in [7, 11) is -2.83. The summed E-state index contributed by atoms with van der Waals surface area (Å²) < 4.78 is 22.9. The molecule has 1 aliphatic heterocycles. The molecule has 2 unspecified atom stereocenters. The van der Waals surface area contributed by atoms with Crippen LogP contribution in [0.5, 0.6) is 0 Å². The van der Waals surface area contributed by atoms with E-state index in [1.807, 2.05) is 6.92 Å². The fraction of sp³-hybridized carbons (Fsp3) is 1.00. The van der Waals surface area contributed by atoms with E-state index in [1.54, 1.807) is 0 Å². The van der Waals surface area contributed by atoms with Crippen LogP contribution in [-0.4, -0.2) is 38.0 Å². The van der Waals surface area contributed by atoms with Crippen LogP contribution in [0, 0.1) is 5.41 Å². The lowest BCUT2D eigenvalue weighted by atomic mass is 9.85. The van der Waals surface area contributed by atoms with Gasteiger partial charge in [-0.3, -0.25) is 0 Å². The van der Waals surface area contributed by atoms with Crippen molar-refractivity contribution >= 4 is 9.84 Å². The first kappa shape index (κ1) is 14.9. The highest BCUT2D eigenvalue weighted by atomic mass is 32.2. The molecule has 5 heteroatoms. The minimum Gasteiger partial charge on any atom is -0.327 e. The molecule has 1 rings (SSSR count). The Morgan fingerprint density at radius 2 is 2.00 bits per heavy atom. The molecular formula is C12H26N2O2S. The van der Waals surface area contributed by atoms with Gasteiger partial charge in [-0.25, -0.2) is 8.42 Å². The molecule has 0 aromatic carbocycles. The highest BCUT2D eigenvalue weighted by Gasteiger charge is 2.37. The van der Waals surface area contributed by atoms with Crippen LogP contribution in [-0.2, 0) is 9.84 Å². The van der Waals surface area contributed by atoms with Crippen molar-refractivity contribution in [1.82, 2.24) is 5.32 Å². The SMILES string of the molecule is CC1(NCCC(N)C(C)(C)C)CCS(=O)(=O)C1. The van der Waals surface area contributed by atoms with E-state index in [2.05, 4.69) is 26.1 Å². The van der Waals surface area contributed by atoms with E-state index in [0.29, 0.717) is 12.2 Å². The van der Waals surface area contributed by atoms with Gasteiger partial charge in [-0.15, -0.1) is 0 Å². The summed E-state index contributed by atoms with van der Waals surface area (Å²) in [4.78, 5) is 0. The number of nitrogens with one attached hydrogen (secondary N) is 1. The van der Waals surface area contributed by atoms with Crippen molar-refractivity contribution in [3.8, 4) is 0 Å². The maximum Gasteiger partial charge on any atom is 0.152 e. The van der Waals surface area contributed by atoms with Crippen LogP contribution < -0.4 is 11.1 Å². The van der Waals surface area contributed by atoms with Crippen LogP contribution in [0.4, 0.5) is 0 Å². The molecule has 17 heavy (non-hydrogen) atoms. The van der Waals surface area contributed by atoms with Crippen molar-refractivity contribution in [3.05, 3.63) is 0 Å². The van der Waals surface area contributed by atoms with Crippen molar-refractivity contribution in [2.45, 2.75) is 52.1 Å². The second-order valence-corrected chi connectivity index (χ2v) is 8.77. The van der Waals surface area contributed by atoms with E-state index in [4.69, 9.17) is 5.73 Å². The quantitative estimate of drug-likeness (QED) is 0.790. The average molecular weight is 262 g/mol. The molecule has 0 saturated carbocycles. The fourth-order valence-electron chi connectivity index (χ4n) is 2.11. The normalized spacial score (nSPS) is 30.4. The van der Waals surface area contributed by atoms with E-state index in [9.17, 15) is 8.42 Å². The average Bonchev–Trinajstić information content (AvgIpc) is 2.39. The Labute approximate surface area is 105 Å². The number of sulfone groups is 1. The zero-order valence-corrected chi connectivity index (χ0v) is 12.2. The molecule has 0 bridgehead atoms. The molecular weight excluding hydrogens is 236 g/mol. The van der Waals surface area contributed by atoms with E-state index in [-0.39, 0.29) is 22.7 Å². The molecule has 1 heterocycles. The van der Waals surface area contributed by atoms with E-state index < -0.39 is 9.84 Å². The van der Waals surface area contributed by atoms with Gasteiger partial charge in [0, 0.05) is 11.6 Å². The van der Waals surface area contributed by atoms with E-state index >= 15 is 0 Å². The lowest BCUT2D eigenvalue weighted by Gasteiger charge is -2.29. The summed E-state index contributed by atoms with van der Waals surface area (Å²) >= 11 is 0. The smallest absolute Gasteiger partial charge is 0.152 e. The predicted octanol–water partition coefficient (Wildman–Crippen LogP) is 0.917. The first-order valence-electron chi connectivity index (χ1n) is 6.25. The van der Waals surface area contributed by atoms with Gasteiger partial charge >= 0.3 is 0 Å². The van der Waals surface area contributed by atoms with Gasteiger partial charge in [0.2, 0.25) is 0 Å². The molecule has 102 valence electrons. The van der Waals surface area contributed by atoms with Gasteiger partial charge in [-0.1, -0.05) is 20.8 Å². The summed E-state index contributed by atoms with van der Waals surface area (Å²) in [6.45, 7) is 9.14. The van der Waals surface area contributed by atoms with E-state index in [0.717, 1.165) is 13.0 Å². The van der Waals surface area contributed by atoms with Gasteiger partial charge in [0.1, 0.15) is 0 Å². The van der Waals surface area contributed by atoms with Gasteiger partial charge in [-0.05, 0) is 31.7 Å². The first-order chi connectivity index (χ1) is 7.54. The molecule has 1 fully saturated rings. The topological polar surface area (TPSA) is 72.2 Å².